The van der Waals surface area contributed by atoms with E-state index in [-0.39, 0.29) is 5.75 Å². The second-order valence-electron chi connectivity index (χ2n) is 9.71. The van der Waals surface area contributed by atoms with Crippen molar-refractivity contribution in [1.29, 1.82) is 0 Å². The molecule has 0 spiro atoms. The van der Waals surface area contributed by atoms with Crippen LogP contribution in [0.3, 0.4) is 0 Å². The van der Waals surface area contributed by atoms with Gasteiger partial charge in [0, 0.05) is 60.3 Å². The summed E-state index contributed by atoms with van der Waals surface area (Å²) in [4.78, 5) is 14.6. The highest BCUT2D eigenvalue weighted by Crippen LogP contribution is 2.32. The Labute approximate surface area is 236 Å². The van der Waals surface area contributed by atoms with Gasteiger partial charge in [-0.1, -0.05) is 36.4 Å². The molecule has 8 nitrogen and oxygen atoms in total. The van der Waals surface area contributed by atoms with E-state index in [1.165, 1.54) is 17.3 Å². The van der Waals surface area contributed by atoms with Crippen molar-refractivity contribution < 1.29 is 8.42 Å². The van der Waals surface area contributed by atoms with Crippen LogP contribution in [0.25, 0.3) is 32.2 Å². The zero-order chi connectivity index (χ0) is 27.5. The van der Waals surface area contributed by atoms with Crippen LogP contribution >= 0.6 is 11.3 Å². The number of anilines is 2. The van der Waals surface area contributed by atoms with E-state index in [1.807, 2.05) is 24.4 Å². The summed E-state index contributed by atoms with van der Waals surface area (Å²) in [6.45, 7) is 1.76. The van der Waals surface area contributed by atoms with Gasteiger partial charge in [-0.05, 0) is 47.5 Å². The van der Waals surface area contributed by atoms with Gasteiger partial charge in [-0.3, -0.25) is 0 Å². The third-order valence-electron chi connectivity index (χ3n) is 6.63. The molecular weight excluding hydrogens is 541 g/mol. The monoisotopic (exact) mass is 568 g/mol. The van der Waals surface area contributed by atoms with Gasteiger partial charge in [0.1, 0.15) is 27.0 Å². The van der Waals surface area contributed by atoms with Crippen molar-refractivity contribution in [3.63, 3.8) is 0 Å². The Morgan fingerprint density at radius 2 is 1.82 bits per heavy atom. The Hall–Kier alpha value is -4.12. The number of fused-ring (bicyclic) bond motifs is 2. The Kier molecular flexibility index (Phi) is 7.29. The molecule has 0 radical (unpaired) electrons. The van der Waals surface area contributed by atoms with Crippen molar-refractivity contribution in [3.05, 3.63) is 102 Å². The topological polar surface area (TPSA) is 102 Å². The minimum Gasteiger partial charge on any atom is -0.343 e. The summed E-state index contributed by atoms with van der Waals surface area (Å²) in [5.74, 6) is 0.847. The smallest absolute Gasteiger partial charge is 0.148 e. The zero-order valence-corrected chi connectivity index (χ0v) is 23.5. The van der Waals surface area contributed by atoms with E-state index in [0.717, 1.165) is 49.8 Å². The fourth-order valence-corrected chi connectivity index (χ4v) is 6.02. The first-order valence-corrected chi connectivity index (χ1v) is 15.8. The summed E-state index contributed by atoms with van der Waals surface area (Å²) in [6, 6.07) is 25.1. The molecule has 0 aliphatic rings. The lowest BCUT2D eigenvalue weighted by Crippen LogP contribution is -2.21. The Balaban J connectivity index is 1.21. The van der Waals surface area contributed by atoms with Crippen molar-refractivity contribution in [2.75, 3.05) is 23.9 Å². The second-order valence-corrected chi connectivity index (χ2v) is 13.1. The molecule has 0 aliphatic carbocycles. The molecule has 0 aliphatic heterocycles. The van der Waals surface area contributed by atoms with Crippen molar-refractivity contribution in [2.24, 2.45) is 0 Å². The van der Waals surface area contributed by atoms with Gasteiger partial charge in [0.05, 0.1) is 16.1 Å². The van der Waals surface area contributed by atoms with Gasteiger partial charge in [0.25, 0.3) is 0 Å². The van der Waals surface area contributed by atoms with Crippen LogP contribution in [-0.4, -0.2) is 46.5 Å². The summed E-state index contributed by atoms with van der Waals surface area (Å²) in [5.41, 5.74) is 5.27. The molecule has 6 rings (SSSR count). The predicted octanol–water partition coefficient (Wildman–Crippen LogP) is 5.63. The molecule has 40 heavy (non-hydrogen) atoms. The molecule has 202 valence electrons. The van der Waals surface area contributed by atoms with Crippen LogP contribution in [0, 0.1) is 0 Å². The van der Waals surface area contributed by atoms with Crippen LogP contribution in [0.2, 0.25) is 0 Å². The lowest BCUT2D eigenvalue weighted by atomic mass is 10.1. The van der Waals surface area contributed by atoms with Crippen molar-refractivity contribution in [2.45, 2.75) is 13.1 Å². The maximum Gasteiger partial charge on any atom is 0.148 e. The first kappa shape index (κ1) is 26.1. The highest BCUT2D eigenvalue weighted by atomic mass is 32.2. The largest absolute Gasteiger partial charge is 0.343 e. The fourth-order valence-electron chi connectivity index (χ4n) is 4.62. The van der Waals surface area contributed by atoms with Gasteiger partial charge in [-0.25, -0.2) is 23.4 Å². The van der Waals surface area contributed by atoms with Crippen LogP contribution in [0.1, 0.15) is 10.6 Å². The lowest BCUT2D eigenvalue weighted by molar-refractivity contribution is 0.596. The van der Waals surface area contributed by atoms with Gasteiger partial charge >= 0.3 is 0 Å². The van der Waals surface area contributed by atoms with Crippen LogP contribution in [-0.2, 0) is 22.9 Å². The number of hydrogen-bond donors (Lipinski definition) is 2. The molecular formula is C30H28N6O2S2. The fraction of sp³-hybridized carbons (Fsp3) is 0.167. The number of thiazole rings is 1. The van der Waals surface area contributed by atoms with E-state index in [4.69, 9.17) is 0 Å². The molecule has 3 aromatic heterocycles. The summed E-state index contributed by atoms with van der Waals surface area (Å²) in [7, 11) is -2.98. The van der Waals surface area contributed by atoms with E-state index >= 15 is 0 Å². The van der Waals surface area contributed by atoms with E-state index in [0.29, 0.717) is 13.1 Å². The van der Waals surface area contributed by atoms with Crippen LogP contribution in [0.4, 0.5) is 11.5 Å². The number of sulfone groups is 1. The van der Waals surface area contributed by atoms with E-state index < -0.39 is 9.84 Å². The number of benzene rings is 3. The first-order valence-electron chi connectivity index (χ1n) is 12.9. The molecule has 0 unspecified atom stereocenters. The maximum atomic E-state index is 11.3. The summed E-state index contributed by atoms with van der Waals surface area (Å²) < 4.78 is 24.9. The van der Waals surface area contributed by atoms with Crippen molar-refractivity contribution in [3.8, 4) is 10.4 Å². The molecule has 0 fully saturated rings. The standard InChI is InChI=1S/C30H28N6O2S2/c1-40(37,38)14-12-31-18-29-32-17-28(39-29)23-7-9-26-25(16-23)30(34-20-33-26)35-24-8-10-27-22(15-24)11-13-36(27)19-21-5-3-2-4-6-21/h2-11,13,15-17,20,31H,12,14,18-19H2,1H3,(H,33,34,35). The molecule has 3 heterocycles. The Morgan fingerprint density at radius 3 is 2.67 bits per heavy atom. The number of rotatable bonds is 10. The molecule has 0 saturated carbocycles. The molecule has 0 amide bonds. The second kappa shape index (κ2) is 11.2. The van der Waals surface area contributed by atoms with E-state index in [2.05, 4.69) is 90.9 Å². The maximum absolute atomic E-state index is 11.3. The normalized spacial score (nSPS) is 11.8. The third kappa shape index (κ3) is 6.04. The summed E-state index contributed by atoms with van der Waals surface area (Å²) in [6.07, 6.45) is 6.79. The van der Waals surface area contributed by atoms with E-state index in [1.54, 1.807) is 17.7 Å². The van der Waals surface area contributed by atoms with Crippen LogP contribution in [0.5, 0.6) is 0 Å². The minimum atomic E-state index is -2.98. The summed E-state index contributed by atoms with van der Waals surface area (Å²) >= 11 is 1.58. The SMILES string of the molecule is CS(=O)(=O)CCNCc1ncc(-c2ccc3ncnc(Nc4ccc5c(ccn5Cc5ccccc5)c4)c3c2)s1. The molecule has 2 N–H and O–H groups in total. The highest BCUT2D eigenvalue weighted by molar-refractivity contribution is 7.90. The molecule has 0 saturated heterocycles. The number of hydrogen-bond acceptors (Lipinski definition) is 8. The zero-order valence-electron chi connectivity index (χ0n) is 21.9. The summed E-state index contributed by atoms with van der Waals surface area (Å²) in [5, 5.41) is 9.63. The van der Waals surface area contributed by atoms with Gasteiger partial charge in [0.2, 0.25) is 0 Å². The minimum absolute atomic E-state index is 0.109. The molecule has 3 aromatic carbocycles. The Bertz CT molecular complexity index is 1900. The third-order valence-corrected chi connectivity index (χ3v) is 8.62. The number of nitrogens with one attached hydrogen (secondary N) is 2. The quantitative estimate of drug-likeness (QED) is 0.206. The van der Waals surface area contributed by atoms with Gasteiger partial charge in [-0.2, -0.15) is 0 Å². The van der Waals surface area contributed by atoms with E-state index in [9.17, 15) is 8.42 Å². The molecule has 0 bridgehead atoms. The molecule has 10 heteroatoms. The van der Waals surface area contributed by atoms with Gasteiger partial charge < -0.3 is 15.2 Å². The predicted molar refractivity (Wildman–Crippen MR) is 163 cm³/mol. The lowest BCUT2D eigenvalue weighted by Gasteiger charge is -2.10. The average molecular weight is 569 g/mol. The van der Waals surface area contributed by atoms with Crippen LogP contribution in [0.15, 0.2) is 91.5 Å². The first-order chi connectivity index (χ1) is 19.4. The van der Waals surface area contributed by atoms with Crippen molar-refractivity contribution >= 4 is 54.5 Å². The molecule has 6 aromatic rings. The van der Waals surface area contributed by atoms with Crippen molar-refractivity contribution in [1.82, 2.24) is 24.8 Å². The van der Waals surface area contributed by atoms with Gasteiger partial charge in [-0.15, -0.1) is 11.3 Å². The average Bonchev–Trinajstić information content (AvgIpc) is 3.58. The van der Waals surface area contributed by atoms with Gasteiger partial charge in [0.15, 0.2) is 0 Å². The Morgan fingerprint density at radius 1 is 0.950 bits per heavy atom. The number of nitrogens with zero attached hydrogens (tertiary/aromatic N) is 4. The highest BCUT2D eigenvalue weighted by Gasteiger charge is 2.11. The molecule has 0 atom stereocenters. The number of aromatic nitrogens is 4. The van der Waals surface area contributed by atoms with Crippen LogP contribution < -0.4 is 10.6 Å².